The van der Waals surface area contributed by atoms with E-state index in [1.165, 1.54) is 23.5 Å². The molecule has 0 atom stereocenters. The Morgan fingerprint density at radius 1 is 1.41 bits per heavy atom. The number of hydrogen-bond acceptors (Lipinski definition) is 2. The van der Waals surface area contributed by atoms with E-state index in [-0.39, 0.29) is 11.7 Å². The maximum absolute atomic E-state index is 13.0. The third kappa shape index (κ3) is 2.96. The summed E-state index contributed by atoms with van der Waals surface area (Å²) < 4.78 is 13.8. The van der Waals surface area contributed by atoms with Crippen molar-refractivity contribution in [2.75, 3.05) is 12.4 Å². The number of hydrogen-bond donors (Lipinski definition) is 1. The summed E-state index contributed by atoms with van der Waals surface area (Å²) >= 11 is 6.81. The van der Waals surface area contributed by atoms with Gasteiger partial charge in [-0.3, -0.25) is 4.79 Å². The fourth-order valence-electron chi connectivity index (χ4n) is 1.47. The van der Waals surface area contributed by atoms with Crippen molar-refractivity contribution in [1.82, 2.24) is 5.32 Å². The Hall–Kier alpha value is -1.13. The van der Waals surface area contributed by atoms with E-state index >= 15 is 0 Å². The lowest BCUT2D eigenvalue weighted by Crippen LogP contribution is -2.23. The van der Waals surface area contributed by atoms with Crippen LogP contribution in [0.3, 0.4) is 0 Å². The van der Waals surface area contributed by atoms with E-state index < -0.39 is 0 Å². The van der Waals surface area contributed by atoms with E-state index in [4.69, 9.17) is 11.6 Å². The van der Waals surface area contributed by atoms with Gasteiger partial charge in [0.15, 0.2) is 0 Å². The fourth-order valence-corrected chi connectivity index (χ4v) is 2.61. The fraction of sp³-hybridized carbons (Fsp3) is 0.250. The van der Waals surface area contributed by atoms with E-state index in [1.807, 2.05) is 0 Å². The zero-order valence-electron chi connectivity index (χ0n) is 9.00. The molecular formula is C12H11ClFNOS. The molecule has 0 spiro atoms. The molecule has 1 amide bonds. The number of carbonyl (C=O) groups excluding carboxylic acids is 1. The van der Waals surface area contributed by atoms with Crippen LogP contribution in [-0.2, 0) is 0 Å². The molecule has 0 saturated heterocycles. The van der Waals surface area contributed by atoms with Gasteiger partial charge in [-0.25, -0.2) is 4.39 Å². The van der Waals surface area contributed by atoms with Crippen molar-refractivity contribution in [3.8, 4) is 0 Å². The molecule has 90 valence electrons. The number of halogens is 2. The second-order valence-corrected chi connectivity index (χ2v) is 5.05. The Labute approximate surface area is 107 Å². The normalized spacial score (nSPS) is 10.7. The molecule has 0 bridgehead atoms. The van der Waals surface area contributed by atoms with Crippen molar-refractivity contribution in [2.24, 2.45) is 0 Å². The van der Waals surface area contributed by atoms with Gasteiger partial charge in [0.2, 0.25) is 0 Å². The highest BCUT2D eigenvalue weighted by molar-refractivity contribution is 7.20. The molecule has 1 aromatic heterocycles. The highest BCUT2D eigenvalue weighted by Gasteiger charge is 2.09. The predicted molar refractivity (Wildman–Crippen MR) is 69.5 cm³/mol. The van der Waals surface area contributed by atoms with Crippen molar-refractivity contribution in [2.45, 2.75) is 6.42 Å². The molecule has 1 heterocycles. The van der Waals surface area contributed by atoms with Gasteiger partial charge in [0, 0.05) is 17.1 Å². The van der Waals surface area contributed by atoms with Crippen LogP contribution in [0.4, 0.5) is 4.39 Å². The molecule has 2 nitrogen and oxygen atoms in total. The summed E-state index contributed by atoms with van der Waals surface area (Å²) in [5.74, 6) is 0.114. The first-order valence-electron chi connectivity index (χ1n) is 5.24. The molecule has 0 fully saturated rings. The average Bonchev–Trinajstić information content (AvgIpc) is 2.72. The van der Waals surface area contributed by atoms with Crippen molar-refractivity contribution in [3.05, 3.63) is 35.0 Å². The van der Waals surface area contributed by atoms with Crippen molar-refractivity contribution < 1.29 is 9.18 Å². The highest BCUT2D eigenvalue weighted by atomic mass is 35.5. The molecule has 2 aromatic rings. The molecule has 1 aromatic carbocycles. The van der Waals surface area contributed by atoms with Crippen LogP contribution in [-0.4, -0.2) is 18.3 Å². The Balaban J connectivity index is 2.15. The Morgan fingerprint density at radius 3 is 3.00 bits per heavy atom. The molecule has 2 rings (SSSR count). The molecule has 0 unspecified atom stereocenters. The lowest BCUT2D eigenvalue weighted by molar-refractivity contribution is 0.0958. The van der Waals surface area contributed by atoms with Gasteiger partial charge in [0.05, 0.1) is 4.88 Å². The minimum absolute atomic E-state index is 0.128. The van der Waals surface area contributed by atoms with Gasteiger partial charge in [-0.15, -0.1) is 22.9 Å². The van der Waals surface area contributed by atoms with Crippen molar-refractivity contribution in [1.29, 1.82) is 0 Å². The molecule has 0 radical (unpaired) electrons. The second-order valence-electron chi connectivity index (χ2n) is 3.59. The highest BCUT2D eigenvalue weighted by Crippen LogP contribution is 2.26. The molecule has 0 aliphatic heterocycles. The molecule has 17 heavy (non-hydrogen) atoms. The van der Waals surface area contributed by atoms with E-state index in [0.29, 0.717) is 17.3 Å². The van der Waals surface area contributed by atoms with Crippen molar-refractivity contribution >= 4 is 38.9 Å². The summed E-state index contributed by atoms with van der Waals surface area (Å²) in [5.41, 5.74) is 0. The van der Waals surface area contributed by atoms with E-state index in [1.54, 1.807) is 12.1 Å². The first-order chi connectivity index (χ1) is 8.20. The third-order valence-electron chi connectivity index (χ3n) is 2.30. The number of thiophene rings is 1. The maximum atomic E-state index is 13.0. The summed E-state index contributed by atoms with van der Waals surface area (Å²) in [5, 5.41) is 3.66. The summed E-state index contributed by atoms with van der Waals surface area (Å²) in [6.07, 6.45) is 0.743. The van der Waals surface area contributed by atoms with Gasteiger partial charge < -0.3 is 5.32 Å². The molecule has 0 aliphatic rings. The lowest BCUT2D eigenvalue weighted by atomic mass is 10.2. The van der Waals surface area contributed by atoms with Gasteiger partial charge >= 0.3 is 0 Å². The number of rotatable bonds is 4. The minimum atomic E-state index is -0.284. The smallest absolute Gasteiger partial charge is 0.261 e. The second kappa shape index (κ2) is 5.47. The van der Waals surface area contributed by atoms with Gasteiger partial charge in [-0.1, -0.05) is 6.07 Å². The number of amides is 1. The number of benzene rings is 1. The lowest BCUT2D eigenvalue weighted by Gasteiger charge is -2.00. The summed E-state index contributed by atoms with van der Waals surface area (Å²) in [7, 11) is 0. The minimum Gasteiger partial charge on any atom is -0.351 e. The van der Waals surface area contributed by atoms with Crippen LogP contribution < -0.4 is 5.32 Å². The van der Waals surface area contributed by atoms with Crippen LogP contribution in [0.1, 0.15) is 16.1 Å². The Kier molecular flexibility index (Phi) is 3.97. The molecule has 0 saturated carbocycles. The molecule has 5 heteroatoms. The molecular weight excluding hydrogens is 261 g/mol. The summed E-state index contributed by atoms with van der Waals surface area (Å²) in [6.45, 7) is 0.560. The summed E-state index contributed by atoms with van der Waals surface area (Å²) in [4.78, 5) is 12.3. The number of alkyl halides is 1. The van der Waals surface area contributed by atoms with Crippen LogP contribution in [0, 0.1) is 5.82 Å². The third-order valence-corrected chi connectivity index (χ3v) is 3.67. The summed E-state index contributed by atoms with van der Waals surface area (Å²) in [6, 6.07) is 6.28. The largest absolute Gasteiger partial charge is 0.351 e. The zero-order valence-corrected chi connectivity index (χ0v) is 10.6. The maximum Gasteiger partial charge on any atom is 0.261 e. The Morgan fingerprint density at radius 2 is 2.24 bits per heavy atom. The van der Waals surface area contributed by atoms with Crippen LogP contribution in [0.25, 0.3) is 10.1 Å². The molecule has 1 N–H and O–H groups in total. The van der Waals surface area contributed by atoms with Gasteiger partial charge in [-0.2, -0.15) is 0 Å². The predicted octanol–water partition coefficient (Wildman–Crippen LogP) is 3.40. The monoisotopic (exact) mass is 271 g/mol. The zero-order chi connectivity index (χ0) is 12.3. The standard InChI is InChI=1S/C12H11ClFNOS/c13-4-1-5-15-12(16)11-6-8-2-3-9(14)7-10(8)17-11/h2-3,6-7H,1,4-5H2,(H,15,16). The average molecular weight is 272 g/mol. The van der Waals surface area contributed by atoms with Crippen molar-refractivity contribution in [3.63, 3.8) is 0 Å². The van der Waals surface area contributed by atoms with E-state index in [9.17, 15) is 9.18 Å². The van der Waals surface area contributed by atoms with E-state index in [0.717, 1.165) is 16.5 Å². The van der Waals surface area contributed by atoms with Gasteiger partial charge in [-0.05, 0) is 30.0 Å². The van der Waals surface area contributed by atoms with Gasteiger partial charge in [0.25, 0.3) is 5.91 Å². The topological polar surface area (TPSA) is 29.1 Å². The first kappa shape index (κ1) is 12.3. The van der Waals surface area contributed by atoms with Crippen LogP contribution in [0.5, 0.6) is 0 Å². The Bertz CT molecular complexity index is 540. The number of nitrogens with one attached hydrogen (secondary N) is 1. The van der Waals surface area contributed by atoms with Gasteiger partial charge in [0.1, 0.15) is 5.82 Å². The SMILES string of the molecule is O=C(NCCCCl)c1cc2ccc(F)cc2s1. The number of fused-ring (bicyclic) bond motifs is 1. The molecule has 0 aliphatic carbocycles. The first-order valence-corrected chi connectivity index (χ1v) is 6.59. The number of carbonyl (C=O) groups is 1. The van der Waals surface area contributed by atoms with Crippen LogP contribution in [0.15, 0.2) is 24.3 Å². The quantitative estimate of drug-likeness (QED) is 0.670. The van der Waals surface area contributed by atoms with Crippen LogP contribution >= 0.6 is 22.9 Å². The van der Waals surface area contributed by atoms with Crippen LogP contribution in [0.2, 0.25) is 0 Å². The van der Waals surface area contributed by atoms with E-state index in [2.05, 4.69) is 5.32 Å².